The molecule has 0 unspecified atom stereocenters. The highest BCUT2D eigenvalue weighted by Gasteiger charge is 2.53. The molecule has 0 radical (unpaired) electrons. The van der Waals surface area contributed by atoms with Crippen LogP contribution in [0.1, 0.15) is 58.6 Å². The van der Waals surface area contributed by atoms with Crippen molar-refractivity contribution in [3.05, 3.63) is 107 Å². The monoisotopic (exact) mass is 468 g/mol. The van der Waals surface area contributed by atoms with Crippen LogP contribution in [-0.4, -0.2) is 11.8 Å². The van der Waals surface area contributed by atoms with Gasteiger partial charge < -0.3 is 4.74 Å². The van der Waals surface area contributed by atoms with E-state index in [1.54, 1.807) is 0 Å². The van der Waals surface area contributed by atoms with Gasteiger partial charge in [-0.15, -0.1) is 0 Å². The third-order valence-corrected chi connectivity index (χ3v) is 7.10. The number of rotatable bonds is 4. The summed E-state index contributed by atoms with van der Waals surface area (Å²) < 4.78 is 5.86. The van der Waals surface area contributed by atoms with E-state index in [0.717, 1.165) is 22.3 Å². The van der Waals surface area contributed by atoms with Crippen LogP contribution in [0.5, 0.6) is 0 Å². The van der Waals surface area contributed by atoms with E-state index in [-0.39, 0.29) is 35.1 Å². The standard InChI is InChI=1S/C32H36O3/c1-30(2,3)26-19-32(20-27(28(26)33)31(4,5)6)24(23-15-11-8-12-16-23)17-18-25(32)29(34)35-21-22-13-9-7-10-14-22/h7-20,24-25H,21H2,1-6H3/t24-,25+/m0/s1. The first kappa shape index (κ1) is 24.9. The lowest BCUT2D eigenvalue weighted by Crippen LogP contribution is -2.41. The van der Waals surface area contributed by atoms with Crippen molar-refractivity contribution in [1.29, 1.82) is 0 Å². The third-order valence-electron chi connectivity index (χ3n) is 7.10. The number of benzene rings is 2. The second-order valence-electron chi connectivity index (χ2n) is 11.8. The van der Waals surface area contributed by atoms with E-state index in [0.29, 0.717) is 0 Å². The molecule has 0 heterocycles. The van der Waals surface area contributed by atoms with Gasteiger partial charge in [0.1, 0.15) is 6.61 Å². The fraction of sp³-hybridized carbons (Fsp3) is 0.375. The zero-order valence-corrected chi connectivity index (χ0v) is 21.7. The molecule has 0 saturated carbocycles. The first-order valence-electron chi connectivity index (χ1n) is 12.4. The first-order chi connectivity index (χ1) is 16.4. The number of ketones is 1. The quantitative estimate of drug-likeness (QED) is 0.352. The highest BCUT2D eigenvalue weighted by Crippen LogP contribution is 2.57. The molecule has 2 atom stereocenters. The number of allylic oxidation sites excluding steroid dienone is 5. The summed E-state index contributed by atoms with van der Waals surface area (Å²) in [4.78, 5) is 27.4. The number of esters is 1. The number of carbonyl (C=O) groups excluding carboxylic acids is 2. The van der Waals surface area contributed by atoms with Gasteiger partial charge in [0.05, 0.1) is 5.92 Å². The molecule has 0 N–H and O–H groups in total. The topological polar surface area (TPSA) is 43.4 Å². The van der Waals surface area contributed by atoms with Crippen molar-refractivity contribution >= 4 is 11.8 Å². The third kappa shape index (κ3) is 4.82. The van der Waals surface area contributed by atoms with Gasteiger partial charge in [-0.25, -0.2) is 0 Å². The molecule has 2 aromatic carbocycles. The van der Waals surface area contributed by atoms with Gasteiger partial charge in [-0.2, -0.15) is 0 Å². The Morgan fingerprint density at radius 1 is 0.800 bits per heavy atom. The summed E-state index contributed by atoms with van der Waals surface area (Å²) in [6.45, 7) is 12.6. The van der Waals surface area contributed by atoms with Gasteiger partial charge in [0.25, 0.3) is 0 Å². The van der Waals surface area contributed by atoms with Crippen LogP contribution in [0.15, 0.2) is 96.1 Å². The Hall–Kier alpha value is -3.20. The zero-order chi connectivity index (χ0) is 25.4. The predicted octanol–water partition coefficient (Wildman–Crippen LogP) is 7.21. The van der Waals surface area contributed by atoms with Crippen molar-refractivity contribution in [3.63, 3.8) is 0 Å². The molecule has 0 fully saturated rings. The molecule has 0 aliphatic heterocycles. The van der Waals surface area contributed by atoms with E-state index in [1.807, 2.05) is 54.6 Å². The fourth-order valence-electron chi connectivity index (χ4n) is 5.20. The summed E-state index contributed by atoms with van der Waals surface area (Å²) >= 11 is 0. The Morgan fingerprint density at radius 2 is 1.31 bits per heavy atom. The van der Waals surface area contributed by atoms with E-state index in [9.17, 15) is 9.59 Å². The van der Waals surface area contributed by atoms with Crippen LogP contribution in [0.3, 0.4) is 0 Å². The minimum Gasteiger partial charge on any atom is -0.460 e. The van der Waals surface area contributed by atoms with Gasteiger partial charge in [0, 0.05) is 22.5 Å². The maximum Gasteiger partial charge on any atom is 0.314 e. The highest BCUT2D eigenvalue weighted by molar-refractivity contribution is 6.11. The summed E-state index contributed by atoms with van der Waals surface area (Å²) in [5.74, 6) is -0.808. The first-order valence-corrected chi connectivity index (χ1v) is 12.4. The molecular formula is C32H36O3. The van der Waals surface area contributed by atoms with Crippen molar-refractivity contribution < 1.29 is 14.3 Å². The predicted molar refractivity (Wildman–Crippen MR) is 141 cm³/mol. The molecular weight excluding hydrogens is 432 g/mol. The van der Waals surface area contributed by atoms with Crippen molar-refractivity contribution in [2.75, 3.05) is 0 Å². The molecule has 4 rings (SSSR count). The summed E-state index contributed by atoms with van der Waals surface area (Å²) in [5.41, 5.74) is 2.14. The van der Waals surface area contributed by atoms with Gasteiger partial charge in [-0.05, 0) is 22.0 Å². The molecule has 182 valence electrons. The van der Waals surface area contributed by atoms with Crippen LogP contribution in [0.2, 0.25) is 0 Å². The van der Waals surface area contributed by atoms with E-state index < -0.39 is 11.3 Å². The number of ether oxygens (including phenoxy) is 1. The van der Waals surface area contributed by atoms with Crippen LogP contribution >= 0.6 is 0 Å². The van der Waals surface area contributed by atoms with Gasteiger partial charge in [0.15, 0.2) is 5.78 Å². The largest absolute Gasteiger partial charge is 0.460 e. The Balaban J connectivity index is 1.85. The molecule has 35 heavy (non-hydrogen) atoms. The Kier molecular flexibility index (Phi) is 6.48. The molecule has 0 amide bonds. The molecule has 3 nitrogen and oxygen atoms in total. The fourth-order valence-corrected chi connectivity index (χ4v) is 5.20. The van der Waals surface area contributed by atoms with E-state index in [2.05, 4.69) is 71.9 Å². The maximum atomic E-state index is 13.7. The highest BCUT2D eigenvalue weighted by atomic mass is 16.5. The molecule has 2 aromatic rings. The minimum absolute atomic E-state index is 0.0748. The summed E-state index contributed by atoms with van der Waals surface area (Å²) in [5, 5.41) is 0. The van der Waals surface area contributed by atoms with Crippen LogP contribution < -0.4 is 0 Å². The lowest BCUT2D eigenvalue weighted by Gasteiger charge is -2.43. The summed E-state index contributed by atoms with van der Waals surface area (Å²) in [6.07, 6.45) is 8.26. The van der Waals surface area contributed by atoms with Crippen LogP contribution in [0.4, 0.5) is 0 Å². The number of carbonyl (C=O) groups is 2. The normalized spacial score (nSPS) is 21.6. The lowest BCUT2D eigenvalue weighted by molar-refractivity contribution is -0.150. The SMILES string of the molecule is CC(C)(C)C1=CC2(C=C(C(C)(C)C)C1=O)[C@@H](C(=O)OCc1ccccc1)C=C[C@H]2c1ccccc1. The van der Waals surface area contributed by atoms with E-state index >= 15 is 0 Å². The lowest BCUT2D eigenvalue weighted by atomic mass is 9.59. The van der Waals surface area contributed by atoms with Crippen molar-refractivity contribution in [1.82, 2.24) is 0 Å². The van der Waals surface area contributed by atoms with Crippen LogP contribution in [0, 0.1) is 22.2 Å². The maximum absolute atomic E-state index is 13.7. The van der Waals surface area contributed by atoms with Gasteiger partial charge in [0.2, 0.25) is 0 Å². The smallest absolute Gasteiger partial charge is 0.314 e. The molecule has 3 heteroatoms. The van der Waals surface area contributed by atoms with E-state index in [1.165, 1.54) is 0 Å². The second kappa shape index (κ2) is 9.11. The molecule has 0 saturated heterocycles. The van der Waals surface area contributed by atoms with Crippen molar-refractivity contribution in [2.24, 2.45) is 22.2 Å². The average molecular weight is 469 g/mol. The van der Waals surface area contributed by atoms with Crippen LogP contribution in [-0.2, 0) is 20.9 Å². The Morgan fingerprint density at radius 3 is 1.83 bits per heavy atom. The zero-order valence-electron chi connectivity index (χ0n) is 21.7. The molecule has 2 aliphatic rings. The number of Topliss-reactive ketones (excluding diaryl/α,β-unsaturated/α-hetero) is 1. The van der Waals surface area contributed by atoms with Gasteiger partial charge in [-0.3, -0.25) is 9.59 Å². The Labute approximate surface area is 209 Å². The van der Waals surface area contributed by atoms with E-state index in [4.69, 9.17) is 4.74 Å². The van der Waals surface area contributed by atoms with Crippen LogP contribution in [0.25, 0.3) is 0 Å². The van der Waals surface area contributed by atoms with Crippen molar-refractivity contribution in [3.8, 4) is 0 Å². The molecule has 0 aromatic heterocycles. The molecule has 0 bridgehead atoms. The average Bonchev–Trinajstić information content (AvgIpc) is 3.17. The van der Waals surface area contributed by atoms with Gasteiger partial charge >= 0.3 is 5.97 Å². The Bertz CT molecular complexity index is 1150. The number of hydrogen-bond acceptors (Lipinski definition) is 3. The number of hydrogen-bond donors (Lipinski definition) is 0. The second-order valence-corrected chi connectivity index (χ2v) is 11.8. The minimum atomic E-state index is -0.714. The van der Waals surface area contributed by atoms with Crippen molar-refractivity contribution in [2.45, 2.75) is 54.1 Å². The molecule has 2 aliphatic carbocycles. The molecule has 1 spiro atoms. The summed E-state index contributed by atoms with van der Waals surface area (Å²) in [6, 6.07) is 20.0. The summed E-state index contributed by atoms with van der Waals surface area (Å²) in [7, 11) is 0. The van der Waals surface area contributed by atoms with Gasteiger partial charge in [-0.1, -0.05) is 127 Å².